The van der Waals surface area contributed by atoms with Gasteiger partial charge in [0, 0.05) is 54.9 Å². The van der Waals surface area contributed by atoms with Crippen molar-refractivity contribution in [2.45, 2.75) is 25.9 Å². The van der Waals surface area contributed by atoms with Gasteiger partial charge in [0.25, 0.3) is 0 Å². The first kappa shape index (κ1) is 18.2. The lowest BCUT2D eigenvalue weighted by atomic mass is 10.0. The van der Waals surface area contributed by atoms with Crippen LogP contribution in [0.4, 0.5) is 13.2 Å². The normalized spacial score (nSPS) is 11.9. The highest BCUT2D eigenvalue weighted by Gasteiger charge is 2.33. The number of aromatic nitrogens is 4. The molecule has 0 saturated carbocycles. The molecule has 0 spiro atoms. The zero-order chi connectivity index (χ0) is 19.7. The van der Waals surface area contributed by atoms with Gasteiger partial charge in [0.15, 0.2) is 0 Å². The third kappa shape index (κ3) is 3.74. The first-order chi connectivity index (χ1) is 13.4. The third-order valence-corrected chi connectivity index (χ3v) is 4.61. The predicted molar refractivity (Wildman–Crippen MR) is 99.9 cm³/mol. The molecule has 0 saturated heterocycles. The van der Waals surface area contributed by atoms with Crippen LogP contribution < -0.4 is 0 Å². The van der Waals surface area contributed by atoms with Gasteiger partial charge in [-0.05, 0) is 47.4 Å². The lowest BCUT2D eigenvalue weighted by Crippen LogP contribution is -2.10. The highest BCUT2D eigenvalue weighted by molar-refractivity contribution is 5.80. The molecule has 4 rings (SSSR count). The summed E-state index contributed by atoms with van der Waals surface area (Å²) in [5.41, 5.74) is 4.02. The Labute approximate surface area is 159 Å². The molecule has 0 radical (unpaired) electrons. The lowest BCUT2D eigenvalue weighted by molar-refractivity contribution is -0.138. The van der Waals surface area contributed by atoms with Gasteiger partial charge in [-0.3, -0.25) is 9.97 Å². The number of H-pyrrole nitrogens is 1. The zero-order valence-electron chi connectivity index (χ0n) is 15.1. The van der Waals surface area contributed by atoms with Crippen LogP contribution >= 0.6 is 0 Å². The van der Waals surface area contributed by atoms with Crippen molar-refractivity contribution in [3.63, 3.8) is 0 Å². The maximum atomic E-state index is 13.1. The minimum atomic E-state index is -4.40. The SMILES string of the molecule is Cc1cnc2[nH]cc(Cc3ccc(Cc4cnccc4C(F)(F)F)nc3)c2c1. The van der Waals surface area contributed by atoms with Gasteiger partial charge >= 0.3 is 6.18 Å². The van der Waals surface area contributed by atoms with Crippen molar-refractivity contribution >= 4 is 11.0 Å². The van der Waals surface area contributed by atoms with Crippen LogP contribution in [0.2, 0.25) is 0 Å². The van der Waals surface area contributed by atoms with Gasteiger partial charge in [-0.25, -0.2) is 4.98 Å². The Morgan fingerprint density at radius 2 is 1.82 bits per heavy atom. The number of aromatic amines is 1. The molecular formula is C21H17F3N4. The van der Waals surface area contributed by atoms with Gasteiger partial charge in [-0.1, -0.05) is 6.07 Å². The molecule has 0 amide bonds. The van der Waals surface area contributed by atoms with Crippen molar-refractivity contribution in [2.75, 3.05) is 0 Å². The highest BCUT2D eigenvalue weighted by Crippen LogP contribution is 2.32. The number of alkyl halides is 3. The Bertz CT molecular complexity index is 1110. The molecule has 1 N–H and O–H groups in total. The summed E-state index contributed by atoms with van der Waals surface area (Å²) in [6.45, 7) is 1.99. The molecule has 4 aromatic heterocycles. The minimum absolute atomic E-state index is 0.0825. The summed E-state index contributed by atoms with van der Waals surface area (Å²) >= 11 is 0. The highest BCUT2D eigenvalue weighted by atomic mass is 19.4. The summed E-state index contributed by atoms with van der Waals surface area (Å²) in [5, 5.41) is 1.06. The van der Waals surface area contributed by atoms with Crippen LogP contribution in [0, 0.1) is 6.92 Å². The third-order valence-electron chi connectivity index (χ3n) is 4.61. The predicted octanol–water partition coefficient (Wildman–Crippen LogP) is 4.86. The van der Waals surface area contributed by atoms with Crippen LogP contribution in [0.5, 0.6) is 0 Å². The maximum absolute atomic E-state index is 13.1. The molecule has 0 aromatic carbocycles. The smallest absolute Gasteiger partial charge is 0.346 e. The number of aryl methyl sites for hydroxylation is 1. The first-order valence-corrected chi connectivity index (χ1v) is 8.76. The van der Waals surface area contributed by atoms with Crippen LogP contribution in [-0.4, -0.2) is 19.9 Å². The second kappa shape index (κ2) is 7.07. The van der Waals surface area contributed by atoms with Crippen molar-refractivity contribution < 1.29 is 13.2 Å². The van der Waals surface area contributed by atoms with Crippen molar-refractivity contribution in [1.82, 2.24) is 19.9 Å². The maximum Gasteiger partial charge on any atom is 0.416 e. The van der Waals surface area contributed by atoms with E-state index >= 15 is 0 Å². The largest absolute Gasteiger partial charge is 0.416 e. The van der Waals surface area contributed by atoms with Crippen molar-refractivity contribution in [1.29, 1.82) is 0 Å². The molecule has 0 bridgehead atoms. The van der Waals surface area contributed by atoms with E-state index in [1.807, 2.05) is 25.4 Å². The van der Waals surface area contributed by atoms with Crippen LogP contribution in [-0.2, 0) is 19.0 Å². The van der Waals surface area contributed by atoms with E-state index in [1.54, 1.807) is 12.3 Å². The van der Waals surface area contributed by atoms with E-state index in [2.05, 4.69) is 26.0 Å². The molecule has 0 aliphatic heterocycles. The molecule has 4 heterocycles. The quantitative estimate of drug-likeness (QED) is 0.548. The topological polar surface area (TPSA) is 54.5 Å². The number of pyridine rings is 3. The van der Waals surface area contributed by atoms with Gasteiger partial charge in [-0.15, -0.1) is 0 Å². The van der Waals surface area contributed by atoms with Crippen LogP contribution in [0.25, 0.3) is 11.0 Å². The molecule has 142 valence electrons. The number of nitrogens with one attached hydrogen (secondary N) is 1. The molecule has 28 heavy (non-hydrogen) atoms. The van der Waals surface area contributed by atoms with Gasteiger partial charge in [0.2, 0.25) is 0 Å². The molecular weight excluding hydrogens is 365 g/mol. The Morgan fingerprint density at radius 1 is 0.964 bits per heavy atom. The van der Waals surface area contributed by atoms with Gasteiger partial charge < -0.3 is 4.98 Å². The van der Waals surface area contributed by atoms with E-state index in [0.717, 1.165) is 40.0 Å². The summed E-state index contributed by atoms with van der Waals surface area (Å²) in [4.78, 5) is 15.7. The summed E-state index contributed by atoms with van der Waals surface area (Å²) in [7, 11) is 0. The molecule has 0 aliphatic rings. The summed E-state index contributed by atoms with van der Waals surface area (Å²) in [5.74, 6) is 0. The van der Waals surface area contributed by atoms with Gasteiger partial charge in [-0.2, -0.15) is 13.2 Å². The van der Waals surface area contributed by atoms with E-state index < -0.39 is 11.7 Å². The summed E-state index contributed by atoms with van der Waals surface area (Å²) in [6.07, 6.45) is 4.20. The van der Waals surface area contributed by atoms with Gasteiger partial charge in [0.05, 0.1) is 5.56 Å². The number of hydrogen-bond donors (Lipinski definition) is 1. The van der Waals surface area contributed by atoms with Crippen LogP contribution in [0.15, 0.2) is 55.2 Å². The van der Waals surface area contributed by atoms with E-state index in [9.17, 15) is 13.2 Å². The average molecular weight is 382 g/mol. The van der Waals surface area contributed by atoms with Crippen LogP contribution in [0.1, 0.15) is 33.5 Å². The summed E-state index contributed by atoms with van der Waals surface area (Å²) < 4.78 is 39.4. The standard InChI is InChI=1S/C21H17F3N4/c1-13-6-18-15(12-28-20(18)27-9-13)7-14-2-3-17(26-10-14)8-16-11-25-5-4-19(16)21(22,23)24/h2-6,9-12H,7-8H2,1H3,(H,27,28). The van der Waals surface area contributed by atoms with Crippen molar-refractivity contribution in [3.05, 3.63) is 88.8 Å². The fourth-order valence-corrected chi connectivity index (χ4v) is 3.23. The van der Waals surface area contributed by atoms with E-state index in [1.165, 1.54) is 6.20 Å². The van der Waals surface area contributed by atoms with Crippen molar-refractivity contribution in [3.8, 4) is 0 Å². The second-order valence-corrected chi connectivity index (χ2v) is 6.76. The van der Waals surface area contributed by atoms with E-state index in [0.29, 0.717) is 12.1 Å². The number of fused-ring (bicyclic) bond motifs is 1. The van der Waals surface area contributed by atoms with E-state index in [-0.39, 0.29) is 12.0 Å². The monoisotopic (exact) mass is 382 g/mol. The number of nitrogens with zero attached hydrogens (tertiary/aromatic N) is 3. The molecule has 7 heteroatoms. The fraction of sp³-hybridized carbons (Fsp3) is 0.190. The Hall–Kier alpha value is -3.22. The number of rotatable bonds is 4. The Kier molecular flexibility index (Phi) is 4.58. The molecule has 4 aromatic rings. The Balaban J connectivity index is 1.54. The molecule has 0 atom stereocenters. The average Bonchev–Trinajstić information content (AvgIpc) is 3.05. The lowest BCUT2D eigenvalue weighted by Gasteiger charge is -2.12. The first-order valence-electron chi connectivity index (χ1n) is 8.76. The molecule has 4 nitrogen and oxygen atoms in total. The molecule has 0 unspecified atom stereocenters. The molecule has 0 fully saturated rings. The molecule has 0 aliphatic carbocycles. The van der Waals surface area contributed by atoms with E-state index in [4.69, 9.17) is 0 Å². The summed E-state index contributed by atoms with van der Waals surface area (Å²) in [6, 6.07) is 6.74. The minimum Gasteiger partial charge on any atom is -0.346 e. The zero-order valence-corrected chi connectivity index (χ0v) is 15.1. The fourth-order valence-electron chi connectivity index (χ4n) is 3.23. The second-order valence-electron chi connectivity index (χ2n) is 6.76. The van der Waals surface area contributed by atoms with Gasteiger partial charge in [0.1, 0.15) is 5.65 Å². The van der Waals surface area contributed by atoms with Crippen LogP contribution in [0.3, 0.4) is 0 Å². The number of halogens is 3. The van der Waals surface area contributed by atoms with Crippen molar-refractivity contribution in [2.24, 2.45) is 0 Å². The number of hydrogen-bond acceptors (Lipinski definition) is 3. The Morgan fingerprint density at radius 3 is 2.57 bits per heavy atom.